The van der Waals surface area contributed by atoms with Gasteiger partial charge in [-0.1, -0.05) is 123 Å². The van der Waals surface area contributed by atoms with Crippen molar-refractivity contribution < 1.29 is 8.83 Å². The van der Waals surface area contributed by atoms with E-state index in [4.69, 9.17) is 8.83 Å². The lowest BCUT2D eigenvalue weighted by atomic mass is 9.81. The molecule has 1 aliphatic rings. The van der Waals surface area contributed by atoms with Gasteiger partial charge < -0.3 is 18.6 Å². The largest absolute Gasteiger partial charge is 0.456 e. The predicted molar refractivity (Wildman–Crippen MR) is 253 cm³/mol. The van der Waals surface area contributed by atoms with Crippen LogP contribution in [0.25, 0.3) is 66.1 Å². The van der Waals surface area contributed by atoms with E-state index in [9.17, 15) is 0 Å². The van der Waals surface area contributed by atoms with Gasteiger partial charge in [0, 0.05) is 73.2 Å². The van der Waals surface area contributed by atoms with E-state index in [1.54, 1.807) is 0 Å². The molecule has 0 amide bonds. The number of rotatable bonds is 7. The summed E-state index contributed by atoms with van der Waals surface area (Å²) in [5.74, 6) is 0. The maximum atomic E-state index is 6.49. The van der Waals surface area contributed by atoms with Gasteiger partial charge in [0.25, 0.3) is 0 Å². The van der Waals surface area contributed by atoms with Crippen LogP contribution < -0.4 is 9.80 Å². The van der Waals surface area contributed by atoms with Gasteiger partial charge in [-0.15, -0.1) is 0 Å². The number of hydrogen-bond acceptors (Lipinski definition) is 4. The summed E-state index contributed by atoms with van der Waals surface area (Å²) in [7, 11) is 0. The maximum Gasteiger partial charge on any atom is 0.137 e. The molecule has 0 bridgehead atoms. The van der Waals surface area contributed by atoms with Gasteiger partial charge in [-0.3, -0.25) is 0 Å². The predicted octanol–water partition coefficient (Wildman–Crippen LogP) is 16.4. The highest BCUT2D eigenvalue weighted by atomic mass is 16.3. The standard InChI is InChI=1S/C57H40N2O2/c1-57(2)51-22-12-9-19-45(51)46-28-25-37(33-52(46)57)38-31-43(58(39-15-5-3-6-16-39)41-26-29-49-47-20-10-13-23-53(47)60-55(49)35-41)34-44(32-38)59(40-17-7-4-8-18-40)42-27-30-50-48-21-11-14-24-54(48)61-56(50)36-42/h3-36H,1-2H3. The SMILES string of the molecule is CC1(C)c2ccccc2-c2ccc(-c3cc(N(c4ccccc4)c4ccc5c(c4)oc4ccccc45)cc(N(c4ccccc4)c4ccc5c(c4)oc4ccccc45)c3)cc21. The quantitative estimate of drug-likeness (QED) is 0.161. The zero-order valence-corrected chi connectivity index (χ0v) is 33.8. The molecule has 0 spiro atoms. The fourth-order valence-electron chi connectivity index (χ4n) is 9.66. The first kappa shape index (κ1) is 35.2. The number of hydrogen-bond donors (Lipinski definition) is 0. The van der Waals surface area contributed by atoms with E-state index in [1.165, 1.54) is 22.3 Å². The van der Waals surface area contributed by atoms with E-state index < -0.39 is 0 Å². The molecule has 4 nitrogen and oxygen atoms in total. The van der Waals surface area contributed by atoms with Gasteiger partial charge in [-0.2, -0.15) is 0 Å². The zero-order chi connectivity index (χ0) is 40.7. The minimum absolute atomic E-state index is 0.140. The second kappa shape index (κ2) is 13.6. The molecule has 0 radical (unpaired) electrons. The van der Waals surface area contributed by atoms with Crippen LogP contribution in [0.15, 0.2) is 215 Å². The van der Waals surface area contributed by atoms with Gasteiger partial charge in [-0.25, -0.2) is 0 Å². The third-order valence-corrected chi connectivity index (χ3v) is 12.6. The lowest BCUT2D eigenvalue weighted by molar-refractivity contribution is 0.660. The summed E-state index contributed by atoms with van der Waals surface area (Å²) in [6.45, 7) is 4.69. The molecule has 0 saturated heterocycles. The molecule has 1 aliphatic carbocycles. The van der Waals surface area contributed by atoms with Crippen LogP contribution in [0.3, 0.4) is 0 Å². The zero-order valence-electron chi connectivity index (χ0n) is 33.8. The van der Waals surface area contributed by atoms with Gasteiger partial charge in [0.1, 0.15) is 22.3 Å². The van der Waals surface area contributed by atoms with Crippen LogP contribution in [0.2, 0.25) is 0 Å². The van der Waals surface area contributed by atoms with E-state index in [-0.39, 0.29) is 5.41 Å². The molecule has 4 heteroatoms. The molecule has 9 aromatic carbocycles. The maximum absolute atomic E-state index is 6.49. The molecule has 0 fully saturated rings. The molecular weight excluding hydrogens is 745 g/mol. The molecule has 61 heavy (non-hydrogen) atoms. The van der Waals surface area contributed by atoms with Crippen molar-refractivity contribution in [1.82, 2.24) is 0 Å². The molecule has 11 aromatic rings. The normalized spacial score (nSPS) is 12.9. The summed E-state index contributed by atoms with van der Waals surface area (Å²) >= 11 is 0. The lowest BCUT2D eigenvalue weighted by Crippen LogP contribution is -2.15. The van der Waals surface area contributed by atoms with Crippen LogP contribution in [-0.4, -0.2) is 0 Å². The molecular formula is C57H40N2O2. The fraction of sp³-hybridized carbons (Fsp3) is 0.0526. The number of furan rings is 2. The van der Waals surface area contributed by atoms with Crippen LogP contribution in [0.5, 0.6) is 0 Å². The third kappa shape index (κ3) is 5.67. The lowest BCUT2D eigenvalue weighted by Gasteiger charge is -2.30. The van der Waals surface area contributed by atoms with Gasteiger partial charge in [0.05, 0.1) is 0 Å². The average molecular weight is 785 g/mol. The topological polar surface area (TPSA) is 32.8 Å². The van der Waals surface area contributed by atoms with Crippen LogP contribution >= 0.6 is 0 Å². The molecule has 2 heterocycles. The molecule has 0 atom stereocenters. The highest BCUT2D eigenvalue weighted by Crippen LogP contribution is 2.51. The molecule has 2 aromatic heterocycles. The Morgan fingerprint density at radius 1 is 0.311 bits per heavy atom. The van der Waals surface area contributed by atoms with Crippen LogP contribution in [0, 0.1) is 0 Å². The molecule has 290 valence electrons. The Morgan fingerprint density at radius 2 is 0.787 bits per heavy atom. The van der Waals surface area contributed by atoms with E-state index in [1.807, 2.05) is 24.3 Å². The van der Waals surface area contributed by atoms with Gasteiger partial charge >= 0.3 is 0 Å². The molecule has 0 aliphatic heterocycles. The monoisotopic (exact) mass is 784 g/mol. The van der Waals surface area contributed by atoms with E-state index in [0.717, 1.165) is 89.1 Å². The number of fused-ring (bicyclic) bond motifs is 9. The Kier molecular flexibility index (Phi) is 7.85. The first-order valence-electron chi connectivity index (χ1n) is 20.9. The molecule has 0 unspecified atom stereocenters. The van der Waals surface area contributed by atoms with Crippen LogP contribution in [-0.2, 0) is 5.41 Å². The second-order valence-electron chi connectivity index (χ2n) is 16.6. The highest BCUT2D eigenvalue weighted by molar-refractivity contribution is 6.07. The summed E-state index contributed by atoms with van der Waals surface area (Å²) in [5.41, 5.74) is 17.0. The Morgan fingerprint density at radius 3 is 1.36 bits per heavy atom. The van der Waals surface area contributed by atoms with Crippen molar-refractivity contribution in [1.29, 1.82) is 0 Å². The van der Waals surface area contributed by atoms with Gasteiger partial charge in [0.15, 0.2) is 0 Å². The van der Waals surface area contributed by atoms with Crippen molar-refractivity contribution in [3.63, 3.8) is 0 Å². The van der Waals surface area contributed by atoms with E-state index in [0.29, 0.717) is 0 Å². The Labute approximate surface area is 354 Å². The summed E-state index contributed by atoms with van der Waals surface area (Å²) in [6.07, 6.45) is 0. The van der Waals surface area contributed by atoms with Crippen molar-refractivity contribution in [2.45, 2.75) is 19.3 Å². The van der Waals surface area contributed by atoms with Crippen molar-refractivity contribution in [3.8, 4) is 22.3 Å². The van der Waals surface area contributed by atoms with Crippen LogP contribution in [0.1, 0.15) is 25.0 Å². The average Bonchev–Trinajstić information content (AvgIpc) is 3.94. The Balaban J connectivity index is 1.11. The minimum atomic E-state index is -0.140. The van der Waals surface area contributed by atoms with Crippen molar-refractivity contribution >= 4 is 78.0 Å². The van der Waals surface area contributed by atoms with E-state index >= 15 is 0 Å². The van der Waals surface area contributed by atoms with Crippen molar-refractivity contribution in [2.24, 2.45) is 0 Å². The molecule has 0 N–H and O–H groups in total. The summed E-state index contributed by atoms with van der Waals surface area (Å²) in [4.78, 5) is 4.69. The Hall–Kier alpha value is -7.82. The highest BCUT2D eigenvalue weighted by Gasteiger charge is 2.35. The minimum Gasteiger partial charge on any atom is -0.456 e. The summed E-state index contributed by atoms with van der Waals surface area (Å²) < 4.78 is 13.0. The van der Waals surface area contributed by atoms with Crippen molar-refractivity contribution in [2.75, 3.05) is 9.80 Å². The molecule has 12 rings (SSSR count). The summed E-state index contributed by atoms with van der Waals surface area (Å²) in [6, 6.07) is 73.8. The van der Waals surface area contributed by atoms with E-state index in [2.05, 4.69) is 206 Å². The second-order valence-corrected chi connectivity index (χ2v) is 16.6. The number of nitrogens with zero attached hydrogens (tertiary/aromatic N) is 2. The van der Waals surface area contributed by atoms with Crippen LogP contribution in [0.4, 0.5) is 34.1 Å². The van der Waals surface area contributed by atoms with Crippen molar-refractivity contribution in [3.05, 3.63) is 217 Å². The smallest absolute Gasteiger partial charge is 0.137 e. The first-order chi connectivity index (χ1) is 30.0. The number of anilines is 6. The van der Waals surface area contributed by atoms with Gasteiger partial charge in [-0.05, 0) is 118 Å². The number of para-hydroxylation sites is 4. The Bertz CT molecular complexity index is 3290. The third-order valence-electron chi connectivity index (χ3n) is 12.6. The number of benzene rings is 9. The van der Waals surface area contributed by atoms with Gasteiger partial charge in [0.2, 0.25) is 0 Å². The first-order valence-corrected chi connectivity index (χ1v) is 20.9. The molecule has 0 saturated carbocycles. The fourth-order valence-corrected chi connectivity index (χ4v) is 9.66. The summed E-state index contributed by atoms with van der Waals surface area (Å²) in [5, 5.41) is 4.42.